The molecule has 1 fully saturated rings. The molecule has 0 spiro atoms. The molecule has 0 atom stereocenters. The normalized spacial score (nSPS) is 14.8. The Morgan fingerprint density at radius 2 is 1.62 bits per heavy atom. The molecular formula is C23H33F2NO3. The van der Waals surface area contributed by atoms with Gasteiger partial charge in [-0.05, 0) is 37.5 Å². The molecule has 0 aliphatic carbocycles. The number of likely N-dealkylation sites (tertiary alicyclic amines) is 1. The van der Waals surface area contributed by atoms with Gasteiger partial charge in [0.1, 0.15) is 11.6 Å². The standard InChI is InChI=1S/C23H33F2NO3/c1-2-3-4-5-6-7-8-9-16-29-23(28)18-12-14-26(15-13-18)22(27)20-17-19(24)10-11-21(20)25/h10-11,17-18H,2-9,12-16H2,1H3. The molecule has 0 saturated carbocycles. The van der Waals surface area contributed by atoms with E-state index < -0.39 is 17.5 Å². The van der Waals surface area contributed by atoms with E-state index in [4.69, 9.17) is 4.74 Å². The second kappa shape index (κ2) is 12.6. The molecule has 0 aromatic heterocycles. The van der Waals surface area contributed by atoms with Crippen LogP contribution in [0.25, 0.3) is 0 Å². The summed E-state index contributed by atoms with van der Waals surface area (Å²) in [5, 5.41) is 0. The van der Waals surface area contributed by atoms with Crippen molar-refractivity contribution in [2.75, 3.05) is 19.7 Å². The maximum absolute atomic E-state index is 13.8. The van der Waals surface area contributed by atoms with Gasteiger partial charge in [0.15, 0.2) is 0 Å². The van der Waals surface area contributed by atoms with Gasteiger partial charge in [0.2, 0.25) is 0 Å². The van der Waals surface area contributed by atoms with Crippen molar-refractivity contribution in [3.63, 3.8) is 0 Å². The van der Waals surface area contributed by atoms with E-state index >= 15 is 0 Å². The van der Waals surface area contributed by atoms with E-state index in [1.54, 1.807) is 0 Å². The van der Waals surface area contributed by atoms with Crippen LogP contribution >= 0.6 is 0 Å². The van der Waals surface area contributed by atoms with Crippen molar-refractivity contribution in [1.82, 2.24) is 4.90 Å². The Morgan fingerprint density at radius 1 is 1.00 bits per heavy atom. The number of nitrogens with zero attached hydrogens (tertiary/aromatic N) is 1. The molecule has 1 aromatic carbocycles. The molecule has 0 bridgehead atoms. The van der Waals surface area contributed by atoms with Crippen molar-refractivity contribution in [3.8, 4) is 0 Å². The van der Waals surface area contributed by atoms with Gasteiger partial charge in [0.05, 0.1) is 18.1 Å². The van der Waals surface area contributed by atoms with Crippen LogP contribution in [0, 0.1) is 17.6 Å². The number of rotatable bonds is 11. The number of halogens is 2. The van der Waals surface area contributed by atoms with Crippen molar-refractivity contribution in [2.24, 2.45) is 5.92 Å². The zero-order valence-corrected chi connectivity index (χ0v) is 17.4. The van der Waals surface area contributed by atoms with Crippen molar-refractivity contribution in [3.05, 3.63) is 35.4 Å². The highest BCUT2D eigenvalue weighted by molar-refractivity contribution is 5.94. The lowest BCUT2D eigenvalue weighted by Crippen LogP contribution is -2.41. The molecule has 1 aliphatic rings. The Kier molecular flexibility index (Phi) is 10.1. The monoisotopic (exact) mass is 409 g/mol. The summed E-state index contributed by atoms with van der Waals surface area (Å²) < 4.78 is 32.5. The average Bonchev–Trinajstić information content (AvgIpc) is 2.73. The maximum atomic E-state index is 13.8. The summed E-state index contributed by atoms with van der Waals surface area (Å²) in [6.07, 6.45) is 10.5. The van der Waals surface area contributed by atoms with Gasteiger partial charge in [-0.1, -0.05) is 51.9 Å². The van der Waals surface area contributed by atoms with Crippen molar-refractivity contribution in [2.45, 2.75) is 71.1 Å². The van der Waals surface area contributed by atoms with Gasteiger partial charge < -0.3 is 9.64 Å². The van der Waals surface area contributed by atoms with Crippen LogP contribution in [0.15, 0.2) is 18.2 Å². The first-order chi connectivity index (χ1) is 14.0. The Balaban J connectivity index is 1.63. The minimum Gasteiger partial charge on any atom is -0.465 e. The van der Waals surface area contributed by atoms with E-state index in [-0.39, 0.29) is 17.5 Å². The number of hydrogen-bond donors (Lipinski definition) is 0. The minimum absolute atomic E-state index is 0.211. The second-order valence-corrected chi connectivity index (χ2v) is 7.83. The third-order valence-electron chi connectivity index (χ3n) is 5.52. The van der Waals surface area contributed by atoms with E-state index in [9.17, 15) is 18.4 Å². The SMILES string of the molecule is CCCCCCCCCCOC(=O)C1CCN(C(=O)c2cc(F)ccc2F)CC1. The van der Waals surface area contributed by atoms with Gasteiger partial charge >= 0.3 is 5.97 Å². The van der Waals surface area contributed by atoms with Crippen molar-refractivity contribution < 1.29 is 23.1 Å². The first-order valence-electron chi connectivity index (χ1n) is 10.9. The van der Waals surface area contributed by atoms with E-state index in [1.165, 1.54) is 43.4 Å². The molecule has 2 rings (SSSR count). The van der Waals surface area contributed by atoms with Crippen LogP contribution < -0.4 is 0 Å². The Hall–Kier alpha value is -1.98. The van der Waals surface area contributed by atoms with Crippen LogP contribution in [-0.2, 0) is 9.53 Å². The number of esters is 1. The number of unbranched alkanes of at least 4 members (excludes halogenated alkanes) is 7. The van der Waals surface area contributed by atoms with Crippen LogP contribution in [0.3, 0.4) is 0 Å². The molecule has 1 amide bonds. The molecule has 1 aliphatic heterocycles. The number of amides is 1. The second-order valence-electron chi connectivity index (χ2n) is 7.83. The Labute approximate surface area is 172 Å². The topological polar surface area (TPSA) is 46.6 Å². The lowest BCUT2D eigenvalue weighted by atomic mass is 9.96. The molecule has 1 aromatic rings. The molecule has 4 nitrogen and oxygen atoms in total. The summed E-state index contributed by atoms with van der Waals surface area (Å²) in [6, 6.07) is 2.86. The quantitative estimate of drug-likeness (QED) is 0.358. The highest BCUT2D eigenvalue weighted by atomic mass is 19.1. The third kappa shape index (κ3) is 7.75. The largest absolute Gasteiger partial charge is 0.465 e. The molecule has 0 radical (unpaired) electrons. The van der Waals surface area contributed by atoms with Crippen LogP contribution in [0.4, 0.5) is 8.78 Å². The lowest BCUT2D eigenvalue weighted by molar-refractivity contribution is -0.150. The summed E-state index contributed by atoms with van der Waals surface area (Å²) in [5.74, 6) is -2.35. The smallest absolute Gasteiger partial charge is 0.309 e. The number of benzene rings is 1. The number of carbonyl (C=O) groups is 2. The minimum atomic E-state index is -0.733. The van der Waals surface area contributed by atoms with E-state index in [0.29, 0.717) is 32.5 Å². The zero-order valence-electron chi connectivity index (χ0n) is 17.4. The molecular weight excluding hydrogens is 376 g/mol. The van der Waals surface area contributed by atoms with Gasteiger partial charge in [-0.2, -0.15) is 0 Å². The molecule has 0 N–H and O–H groups in total. The van der Waals surface area contributed by atoms with Gasteiger partial charge in [-0.15, -0.1) is 0 Å². The number of carbonyl (C=O) groups excluding carboxylic acids is 2. The zero-order chi connectivity index (χ0) is 21.1. The fourth-order valence-electron chi connectivity index (χ4n) is 3.68. The molecule has 0 unspecified atom stereocenters. The fraction of sp³-hybridized carbons (Fsp3) is 0.652. The predicted molar refractivity (Wildman–Crippen MR) is 109 cm³/mol. The van der Waals surface area contributed by atoms with E-state index in [0.717, 1.165) is 31.0 Å². The Morgan fingerprint density at radius 3 is 2.28 bits per heavy atom. The first-order valence-corrected chi connectivity index (χ1v) is 10.9. The first kappa shape index (κ1) is 23.3. The summed E-state index contributed by atoms with van der Waals surface area (Å²) in [4.78, 5) is 26.1. The van der Waals surface area contributed by atoms with Crippen LogP contribution in [0.1, 0.15) is 81.5 Å². The number of ether oxygens (including phenoxy) is 1. The highest BCUT2D eigenvalue weighted by Gasteiger charge is 2.29. The van der Waals surface area contributed by atoms with Gasteiger partial charge in [-0.25, -0.2) is 8.78 Å². The van der Waals surface area contributed by atoms with E-state index in [1.807, 2.05) is 0 Å². The predicted octanol–water partition coefficient (Wildman–Crippen LogP) is 5.50. The summed E-state index contributed by atoms with van der Waals surface area (Å²) in [5.41, 5.74) is -0.263. The lowest BCUT2D eigenvalue weighted by Gasteiger charge is -2.31. The Bertz CT molecular complexity index is 658. The molecule has 162 valence electrons. The third-order valence-corrected chi connectivity index (χ3v) is 5.52. The highest BCUT2D eigenvalue weighted by Crippen LogP contribution is 2.22. The van der Waals surface area contributed by atoms with Gasteiger partial charge in [-0.3, -0.25) is 9.59 Å². The maximum Gasteiger partial charge on any atom is 0.309 e. The van der Waals surface area contributed by atoms with Gasteiger partial charge in [0, 0.05) is 13.1 Å². The molecule has 29 heavy (non-hydrogen) atoms. The molecule has 1 heterocycles. The molecule has 1 saturated heterocycles. The van der Waals surface area contributed by atoms with Crippen LogP contribution in [-0.4, -0.2) is 36.5 Å². The van der Waals surface area contributed by atoms with Crippen molar-refractivity contribution >= 4 is 11.9 Å². The molecule has 6 heteroatoms. The van der Waals surface area contributed by atoms with Crippen LogP contribution in [0.2, 0.25) is 0 Å². The van der Waals surface area contributed by atoms with Gasteiger partial charge in [0.25, 0.3) is 5.91 Å². The number of hydrogen-bond acceptors (Lipinski definition) is 3. The fourth-order valence-corrected chi connectivity index (χ4v) is 3.68. The van der Waals surface area contributed by atoms with Crippen molar-refractivity contribution in [1.29, 1.82) is 0 Å². The average molecular weight is 410 g/mol. The summed E-state index contributed by atoms with van der Waals surface area (Å²) in [6.45, 7) is 3.33. The summed E-state index contributed by atoms with van der Waals surface area (Å²) >= 11 is 0. The van der Waals surface area contributed by atoms with Crippen LogP contribution in [0.5, 0.6) is 0 Å². The summed E-state index contributed by atoms with van der Waals surface area (Å²) in [7, 11) is 0. The number of piperidine rings is 1. The van der Waals surface area contributed by atoms with E-state index in [2.05, 4.69) is 6.92 Å².